The maximum absolute atomic E-state index is 11.2. The van der Waals surface area contributed by atoms with Gasteiger partial charge in [-0.15, -0.1) is 0 Å². The molecular formula is C10H10Cl3O2. The number of benzene rings is 1. The van der Waals surface area contributed by atoms with E-state index in [1.54, 1.807) is 18.2 Å². The first-order chi connectivity index (χ1) is 6.99. The number of hydrogen-bond donors (Lipinski definition) is 0. The fraction of sp³-hybridized carbons (Fsp3) is 0.400. The van der Waals surface area contributed by atoms with Gasteiger partial charge in [-0.2, -0.15) is 0 Å². The highest BCUT2D eigenvalue weighted by Gasteiger charge is 2.18. The van der Waals surface area contributed by atoms with Crippen molar-refractivity contribution in [2.24, 2.45) is 0 Å². The number of ether oxygens (including phenoxy) is 1. The van der Waals surface area contributed by atoms with Crippen molar-refractivity contribution in [2.75, 3.05) is 6.61 Å². The van der Waals surface area contributed by atoms with E-state index in [-0.39, 0.29) is 5.75 Å². The first-order valence-corrected chi connectivity index (χ1v) is 5.58. The SMILES string of the molecule is [O]c1ccccc1OCCCC(Cl)(Cl)Cl. The largest absolute Gasteiger partial charge is 0.489 e. The van der Waals surface area contributed by atoms with E-state index < -0.39 is 3.79 Å². The quantitative estimate of drug-likeness (QED) is 0.589. The van der Waals surface area contributed by atoms with Gasteiger partial charge in [0.2, 0.25) is 5.75 Å². The molecule has 0 unspecified atom stereocenters. The molecule has 0 atom stereocenters. The van der Waals surface area contributed by atoms with Gasteiger partial charge in [-0.1, -0.05) is 46.9 Å². The van der Waals surface area contributed by atoms with Crippen molar-refractivity contribution in [1.29, 1.82) is 0 Å². The lowest BCUT2D eigenvalue weighted by Gasteiger charge is -2.10. The van der Waals surface area contributed by atoms with Crippen LogP contribution in [0.1, 0.15) is 12.8 Å². The second kappa shape index (κ2) is 5.69. The summed E-state index contributed by atoms with van der Waals surface area (Å²) < 4.78 is 3.99. The van der Waals surface area contributed by atoms with Crippen LogP contribution in [-0.4, -0.2) is 10.4 Å². The number of alkyl halides is 3. The Morgan fingerprint density at radius 1 is 1.20 bits per heavy atom. The first-order valence-electron chi connectivity index (χ1n) is 4.44. The second-order valence-corrected chi connectivity index (χ2v) is 5.53. The average Bonchev–Trinajstić information content (AvgIpc) is 2.13. The third kappa shape index (κ3) is 5.36. The minimum absolute atomic E-state index is 0.133. The maximum atomic E-state index is 11.2. The lowest BCUT2D eigenvalue weighted by atomic mass is 10.3. The van der Waals surface area contributed by atoms with Gasteiger partial charge in [0.05, 0.1) is 6.61 Å². The van der Waals surface area contributed by atoms with E-state index in [0.29, 0.717) is 25.2 Å². The Morgan fingerprint density at radius 3 is 2.47 bits per heavy atom. The fourth-order valence-electron chi connectivity index (χ4n) is 1.02. The number of rotatable bonds is 4. The molecular weight excluding hydrogens is 258 g/mol. The van der Waals surface area contributed by atoms with Crippen LogP contribution in [0.2, 0.25) is 0 Å². The highest BCUT2D eigenvalue weighted by molar-refractivity contribution is 6.67. The standard InChI is InChI=1S/C10H10Cl3O2/c11-10(12,13)6-3-7-15-9-5-2-1-4-8(9)14/h1-2,4-5H,3,6-7H2. The highest BCUT2D eigenvalue weighted by atomic mass is 35.6. The van der Waals surface area contributed by atoms with E-state index in [2.05, 4.69) is 0 Å². The Bertz CT molecular complexity index is 310. The summed E-state index contributed by atoms with van der Waals surface area (Å²) in [6, 6.07) is 6.48. The molecule has 0 aliphatic heterocycles. The Labute approximate surface area is 104 Å². The molecule has 0 bridgehead atoms. The molecule has 2 nitrogen and oxygen atoms in total. The van der Waals surface area contributed by atoms with Gasteiger partial charge >= 0.3 is 0 Å². The van der Waals surface area contributed by atoms with Crippen molar-refractivity contribution in [1.82, 2.24) is 0 Å². The molecule has 1 aromatic carbocycles. The molecule has 0 aliphatic rings. The smallest absolute Gasteiger partial charge is 0.220 e. The molecule has 15 heavy (non-hydrogen) atoms. The van der Waals surface area contributed by atoms with E-state index in [1.165, 1.54) is 6.07 Å². The van der Waals surface area contributed by atoms with Crippen LogP contribution in [0.5, 0.6) is 11.5 Å². The summed E-state index contributed by atoms with van der Waals surface area (Å²) in [5, 5.41) is 11.2. The molecule has 0 heterocycles. The van der Waals surface area contributed by atoms with Crippen molar-refractivity contribution >= 4 is 34.8 Å². The third-order valence-corrected chi connectivity index (χ3v) is 2.28. The van der Waals surface area contributed by atoms with Gasteiger partial charge in [0.15, 0.2) is 9.54 Å². The second-order valence-electron chi connectivity index (χ2n) is 3.01. The Morgan fingerprint density at radius 2 is 1.87 bits per heavy atom. The van der Waals surface area contributed by atoms with Gasteiger partial charge in [-0.25, -0.2) is 0 Å². The Hall–Kier alpha value is -0.310. The van der Waals surface area contributed by atoms with Crippen molar-refractivity contribution in [3.63, 3.8) is 0 Å². The molecule has 1 radical (unpaired) electrons. The van der Waals surface area contributed by atoms with Gasteiger partial charge in [0.1, 0.15) is 0 Å². The van der Waals surface area contributed by atoms with Gasteiger partial charge in [0.25, 0.3) is 0 Å². The van der Waals surface area contributed by atoms with E-state index >= 15 is 0 Å². The summed E-state index contributed by atoms with van der Waals surface area (Å²) in [5.74, 6) is 0.202. The summed E-state index contributed by atoms with van der Waals surface area (Å²) in [6.07, 6.45) is 0.990. The molecule has 5 heteroatoms. The monoisotopic (exact) mass is 267 g/mol. The summed E-state index contributed by atoms with van der Waals surface area (Å²) in [6.45, 7) is 0.368. The van der Waals surface area contributed by atoms with Gasteiger partial charge < -0.3 is 4.74 Å². The van der Waals surface area contributed by atoms with Crippen molar-refractivity contribution < 1.29 is 9.84 Å². The molecule has 0 spiro atoms. The van der Waals surface area contributed by atoms with Gasteiger partial charge in [-0.3, -0.25) is 5.11 Å². The van der Waals surface area contributed by atoms with Crippen LogP contribution in [-0.2, 0) is 5.11 Å². The fourth-order valence-corrected chi connectivity index (χ4v) is 1.43. The molecule has 1 aromatic rings. The molecule has 0 saturated carbocycles. The summed E-state index contributed by atoms with van der Waals surface area (Å²) in [5.41, 5.74) is 0. The lowest BCUT2D eigenvalue weighted by Crippen LogP contribution is -2.06. The topological polar surface area (TPSA) is 29.1 Å². The zero-order valence-corrected chi connectivity index (χ0v) is 10.1. The van der Waals surface area contributed by atoms with Crippen LogP contribution < -0.4 is 4.74 Å². The molecule has 0 N–H and O–H groups in total. The van der Waals surface area contributed by atoms with Gasteiger partial charge in [-0.05, 0) is 25.0 Å². The third-order valence-electron chi connectivity index (χ3n) is 1.71. The molecule has 0 saturated heterocycles. The average molecular weight is 269 g/mol. The van der Waals surface area contributed by atoms with Crippen molar-refractivity contribution in [3.05, 3.63) is 24.3 Å². The van der Waals surface area contributed by atoms with Crippen molar-refractivity contribution in [2.45, 2.75) is 16.6 Å². The molecule has 0 fully saturated rings. The number of halogens is 3. The van der Waals surface area contributed by atoms with Crippen LogP contribution in [0.25, 0.3) is 0 Å². The molecule has 1 rings (SSSR count). The Kier molecular flexibility index (Phi) is 4.84. The summed E-state index contributed by atoms with van der Waals surface area (Å²) in [7, 11) is 0. The summed E-state index contributed by atoms with van der Waals surface area (Å²) >= 11 is 16.7. The van der Waals surface area contributed by atoms with Crippen LogP contribution in [0.4, 0.5) is 0 Å². The molecule has 0 aliphatic carbocycles. The molecule has 83 valence electrons. The van der Waals surface area contributed by atoms with E-state index in [1.807, 2.05) is 0 Å². The highest BCUT2D eigenvalue weighted by Crippen LogP contribution is 2.31. The van der Waals surface area contributed by atoms with Crippen LogP contribution >= 0.6 is 34.8 Å². The van der Waals surface area contributed by atoms with Crippen molar-refractivity contribution in [3.8, 4) is 11.5 Å². The normalized spacial score (nSPS) is 11.4. The number of para-hydroxylation sites is 2. The maximum Gasteiger partial charge on any atom is 0.220 e. The van der Waals surface area contributed by atoms with Crippen LogP contribution in [0.3, 0.4) is 0 Å². The molecule has 0 amide bonds. The van der Waals surface area contributed by atoms with E-state index in [9.17, 15) is 5.11 Å². The van der Waals surface area contributed by atoms with Gasteiger partial charge in [0, 0.05) is 0 Å². The zero-order valence-electron chi connectivity index (χ0n) is 7.88. The minimum atomic E-state index is -1.25. The van der Waals surface area contributed by atoms with E-state index in [4.69, 9.17) is 39.5 Å². The van der Waals surface area contributed by atoms with Crippen LogP contribution in [0.15, 0.2) is 24.3 Å². The van der Waals surface area contributed by atoms with E-state index in [0.717, 1.165) is 0 Å². The van der Waals surface area contributed by atoms with Crippen LogP contribution in [0, 0.1) is 0 Å². The predicted molar refractivity (Wildman–Crippen MR) is 61.6 cm³/mol. The zero-order chi connectivity index (χ0) is 11.3. The predicted octanol–water partition coefficient (Wildman–Crippen LogP) is 4.36. The molecule has 0 aromatic heterocycles. The lowest BCUT2D eigenvalue weighted by molar-refractivity contribution is 0.270. The summed E-state index contributed by atoms with van der Waals surface area (Å²) in [4.78, 5) is 0. The first kappa shape index (κ1) is 12.8. The Balaban J connectivity index is 2.30. The number of hydrogen-bond acceptors (Lipinski definition) is 1. The minimum Gasteiger partial charge on any atom is -0.489 e.